The molecule has 1 aliphatic heterocycles. The van der Waals surface area contributed by atoms with E-state index in [0.29, 0.717) is 17.3 Å². The summed E-state index contributed by atoms with van der Waals surface area (Å²) in [6, 6.07) is 12.7. The zero-order valence-electron chi connectivity index (χ0n) is 22.7. The average molecular weight is 622 g/mol. The van der Waals surface area contributed by atoms with Gasteiger partial charge in [0.05, 0.1) is 10.5 Å². The number of amides is 2. The van der Waals surface area contributed by atoms with Gasteiger partial charge in [0.15, 0.2) is 0 Å². The monoisotopic (exact) mass is 621 g/mol. The van der Waals surface area contributed by atoms with Crippen LogP contribution in [0.5, 0.6) is 0 Å². The largest absolute Gasteiger partial charge is 0.480 e. The first-order valence-corrected chi connectivity index (χ1v) is 14.4. The lowest BCUT2D eigenvalue weighted by Gasteiger charge is -2.34. The number of carbonyl (C=O) groups excluding carboxylic acids is 2. The molecule has 1 unspecified atom stereocenters. The van der Waals surface area contributed by atoms with Crippen LogP contribution in [0.4, 0.5) is 23.2 Å². The van der Waals surface area contributed by atoms with Crippen molar-refractivity contribution in [2.45, 2.75) is 48.8 Å². The summed E-state index contributed by atoms with van der Waals surface area (Å²) in [5.74, 6) is -3.28. The van der Waals surface area contributed by atoms with Crippen LogP contribution in [0, 0.1) is 5.82 Å². The Balaban J connectivity index is 1.47. The summed E-state index contributed by atoms with van der Waals surface area (Å²) >= 11 is 0. The third-order valence-electron chi connectivity index (χ3n) is 7.18. The number of nitrogens with zero attached hydrogens (tertiary/aromatic N) is 1. The van der Waals surface area contributed by atoms with Crippen molar-refractivity contribution in [2.24, 2.45) is 0 Å². The van der Waals surface area contributed by atoms with Crippen molar-refractivity contribution in [3.05, 3.63) is 95.3 Å². The van der Waals surface area contributed by atoms with Crippen molar-refractivity contribution in [1.82, 2.24) is 9.62 Å². The highest BCUT2D eigenvalue weighted by Gasteiger charge is 2.50. The third-order valence-corrected chi connectivity index (χ3v) is 9.19. The molecule has 0 aromatic heterocycles. The number of sulfonamides is 1. The number of carboxylic acids is 1. The van der Waals surface area contributed by atoms with E-state index in [1.807, 2.05) is 0 Å². The van der Waals surface area contributed by atoms with Gasteiger partial charge in [-0.1, -0.05) is 18.2 Å². The van der Waals surface area contributed by atoms with E-state index in [2.05, 4.69) is 10.6 Å². The van der Waals surface area contributed by atoms with Crippen LogP contribution in [0.3, 0.4) is 0 Å². The Labute approximate surface area is 244 Å². The number of hydrogen-bond acceptors (Lipinski definition) is 5. The Morgan fingerprint density at radius 2 is 1.67 bits per heavy atom. The van der Waals surface area contributed by atoms with Gasteiger partial charge in [-0.15, -0.1) is 0 Å². The van der Waals surface area contributed by atoms with Crippen LogP contribution in [0.25, 0.3) is 0 Å². The van der Waals surface area contributed by atoms with E-state index in [1.165, 1.54) is 43.3 Å². The van der Waals surface area contributed by atoms with Gasteiger partial charge in [-0.2, -0.15) is 17.5 Å². The number of alkyl halides is 3. The van der Waals surface area contributed by atoms with Gasteiger partial charge in [0.2, 0.25) is 15.9 Å². The maximum atomic E-state index is 13.4. The molecule has 1 saturated heterocycles. The summed E-state index contributed by atoms with van der Waals surface area (Å²) in [5, 5.41) is 14.8. The highest BCUT2D eigenvalue weighted by Crippen LogP contribution is 2.37. The van der Waals surface area contributed by atoms with E-state index in [9.17, 15) is 45.5 Å². The molecule has 1 aliphatic rings. The molecule has 43 heavy (non-hydrogen) atoms. The van der Waals surface area contributed by atoms with E-state index in [0.717, 1.165) is 34.6 Å². The number of benzene rings is 3. The number of anilines is 1. The molecule has 3 N–H and O–H groups in total. The lowest BCUT2D eigenvalue weighted by Crippen LogP contribution is -2.58. The smallest absolute Gasteiger partial charge is 0.416 e. The zero-order valence-corrected chi connectivity index (χ0v) is 23.5. The fourth-order valence-corrected chi connectivity index (χ4v) is 6.64. The van der Waals surface area contributed by atoms with Gasteiger partial charge in [-0.3, -0.25) is 9.59 Å². The minimum atomic E-state index is -4.78. The van der Waals surface area contributed by atoms with E-state index < -0.39 is 61.8 Å². The van der Waals surface area contributed by atoms with Gasteiger partial charge in [0.25, 0.3) is 5.91 Å². The highest BCUT2D eigenvalue weighted by atomic mass is 32.2. The minimum Gasteiger partial charge on any atom is -0.480 e. The van der Waals surface area contributed by atoms with Gasteiger partial charge >= 0.3 is 12.1 Å². The number of carbonyl (C=O) groups is 3. The summed E-state index contributed by atoms with van der Waals surface area (Å²) in [4.78, 5) is 37.1. The van der Waals surface area contributed by atoms with Crippen molar-refractivity contribution in [3.63, 3.8) is 0 Å². The van der Waals surface area contributed by atoms with Crippen LogP contribution in [0.2, 0.25) is 0 Å². The normalized spacial score (nSPS) is 18.2. The Hall–Kier alpha value is -4.30. The molecule has 1 fully saturated rings. The molecular weight excluding hydrogens is 594 g/mol. The SMILES string of the molecule is C[C@@]1(C(=O)NC(Cc2ccc(NC(=O)c3ccc(F)cc3)cc2)C(=O)O)CCCN1S(=O)(=O)c1cccc(C(F)(F)F)c1. The van der Waals surface area contributed by atoms with Crippen molar-refractivity contribution >= 4 is 33.5 Å². The zero-order chi connectivity index (χ0) is 31.6. The molecule has 9 nitrogen and oxygen atoms in total. The molecule has 2 atom stereocenters. The first-order chi connectivity index (χ1) is 20.1. The van der Waals surface area contributed by atoms with Gasteiger partial charge in [-0.05, 0) is 79.9 Å². The second kappa shape index (κ2) is 12.1. The summed E-state index contributed by atoms with van der Waals surface area (Å²) in [5.41, 5.74) is -1.84. The topological polar surface area (TPSA) is 133 Å². The molecule has 14 heteroatoms. The predicted molar refractivity (Wildman–Crippen MR) is 147 cm³/mol. The molecule has 0 aliphatic carbocycles. The molecule has 2 amide bonds. The van der Waals surface area contributed by atoms with E-state index in [4.69, 9.17) is 0 Å². The molecule has 0 spiro atoms. The molecule has 4 rings (SSSR count). The molecule has 3 aromatic carbocycles. The fourth-order valence-electron chi connectivity index (χ4n) is 4.79. The number of aliphatic carboxylic acids is 1. The molecule has 0 saturated carbocycles. The quantitative estimate of drug-likeness (QED) is 0.303. The lowest BCUT2D eigenvalue weighted by atomic mass is 9.97. The summed E-state index contributed by atoms with van der Waals surface area (Å²) in [6.45, 7) is 1.16. The average Bonchev–Trinajstić information content (AvgIpc) is 3.37. The Kier molecular flexibility index (Phi) is 8.92. The first kappa shape index (κ1) is 31.6. The van der Waals surface area contributed by atoms with Gasteiger partial charge in [0.1, 0.15) is 17.4 Å². The molecular formula is C29H27F4N3O6S. The Bertz CT molecular complexity index is 1630. The van der Waals surface area contributed by atoms with E-state index in [-0.39, 0.29) is 31.4 Å². The second-order valence-corrected chi connectivity index (χ2v) is 12.1. The number of nitrogens with one attached hydrogen (secondary N) is 2. The van der Waals surface area contributed by atoms with Gasteiger partial charge in [0, 0.05) is 24.2 Å². The standard InChI is InChI=1S/C29H27F4N3O6S/c1-28(14-3-15-36(28)43(41,42)23-5-2-4-20(17-23)29(31,32)33)27(40)35-24(26(38)39)16-18-6-12-22(13-7-18)34-25(37)19-8-10-21(30)11-9-19/h2,4-13,17,24H,3,14-16H2,1H3,(H,34,37)(H,35,40)(H,38,39)/t24?,28-/m0/s1. The van der Waals surface area contributed by atoms with E-state index >= 15 is 0 Å². The highest BCUT2D eigenvalue weighted by molar-refractivity contribution is 7.89. The van der Waals surface area contributed by atoms with Crippen molar-refractivity contribution < 1.29 is 45.5 Å². The van der Waals surface area contributed by atoms with Crippen LogP contribution >= 0.6 is 0 Å². The first-order valence-electron chi connectivity index (χ1n) is 13.0. The van der Waals surface area contributed by atoms with Crippen molar-refractivity contribution in [1.29, 1.82) is 0 Å². The maximum Gasteiger partial charge on any atom is 0.416 e. The van der Waals surface area contributed by atoms with Gasteiger partial charge < -0.3 is 15.7 Å². The van der Waals surface area contributed by atoms with Crippen LogP contribution in [0.15, 0.2) is 77.7 Å². The van der Waals surface area contributed by atoms with Crippen LogP contribution < -0.4 is 10.6 Å². The molecule has 228 valence electrons. The molecule has 3 aromatic rings. The summed E-state index contributed by atoms with van der Waals surface area (Å²) in [7, 11) is -4.55. The van der Waals surface area contributed by atoms with Crippen LogP contribution in [-0.4, -0.2) is 53.7 Å². The molecule has 0 radical (unpaired) electrons. The second-order valence-electron chi connectivity index (χ2n) is 10.2. The Morgan fingerprint density at radius 1 is 1.02 bits per heavy atom. The van der Waals surface area contributed by atoms with Crippen LogP contribution in [-0.2, 0) is 32.2 Å². The van der Waals surface area contributed by atoms with E-state index in [1.54, 1.807) is 0 Å². The maximum absolute atomic E-state index is 13.4. The number of hydrogen-bond donors (Lipinski definition) is 3. The third kappa shape index (κ3) is 7.03. The van der Waals surface area contributed by atoms with Crippen molar-refractivity contribution in [2.75, 3.05) is 11.9 Å². The Morgan fingerprint density at radius 3 is 2.28 bits per heavy atom. The lowest BCUT2D eigenvalue weighted by molar-refractivity contribution is -0.143. The summed E-state index contributed by atoms with van der Waals surface area (Å²) < 4.78 is 80.3. The van der Waals surface area contributed by atoms with Crippen LogP contribution in [0.1, 0.15) is 41.3 Å². The number of rotatable bonds is 9. The predicted octanol–water partition coefficient (Wildman–Crippen LogP) is 4.45. The van der Waals surface area contributed by atoms with Crippen molar-refractivity contribution in [3.8, 4) is 0 Å². The van der Waals surface area contributed by atoms with Gasteiger partial charge in [-0.25, -0.2) is 17.6 Å². The fraction of sp³-hybridized carbons (Fsp3) is 0.276. The number of halogens is 4. The summed E-state index contributed by atoms with van der Waals surface area (Å²) in [6.07, 6.45) is -4.72. The minimum absolute atomic E-state index is 0.0197. The number of carboxylic acid groups (broad SMARTS) is 1. The molecule has 1 heterocycles. The molecule has 0 bridgehead atoms.